The van der Waals surface area contributed by atoms with E-state index in [2.05, 4.69) is 15.6 Å². The molecular weight excluding hydrogens is 260 g/mol. The van der Waals surface area contributed by atoms with Crippen LogP contribution in [0.25, 0.3) is 0 Å². The van der Waals surface area contributed by atoms with E-state index in [1.165, 1.54) is 11.1 Å². The molecule has 1 atom stereocenters. The molecule has 2 N–H and O–H groups in total. The first-order valence-corrected chi connectivity index (χ1v) is 6.35. The van der Waals surface area contributed by atoms with Crippen molar-refractivity contribution < 1.29 is 14.4 Å². The second-order valence-corrected chi connectivity index (χ2v) is 4.45. The predicted molar refractivity (Wildman–Crippen MR) is 72.0 cm³/mol. The highest BCUT2D eigenvalue weighted by Gasteiger charge is 2.36. The average molecular weight is 276 g/mol. The molecule has 1 aromatic heterocycles. The van der Waals surface area contributed by atoms with Crippen molar-refractivity contribution in [3.8, 4) is 0 Å². The Bertz CT molecular complexity index is 558. The second kappa shape index (κ2) is 5.68. The van der Waals surface area contributed by atoms with Gasteiger partial charge in [-0.1, -0.05) is 6.92 Å². The summed E-state index contributed by atoms with van der Waals surface area (Å²) in [6, 6.07) is 2.68. The maximum atomic E-state index is 12.4. The number of carbonyl (C=O) groups excluding carboxylic acids is 3. The molecule has 106 valence electrons. The summed E-state index contributed by atoms with van der Waals surface area (Å²) in [5, 5.41) is 5.15. The molecule has 1 fully saturated rings. The first-order valence-electron chi connectivity index (χ1n) is 6.35. The van der Waals surface area contributed by atoms with Gasteiger partial charge in [0, 0.05) is 18.9 Å². The van der Waals surface area contributed by atoms with Gasteiger partial charge in [-0.3, -0.25) is 24.7 Å². The van der Waals surface area contributed by atoms with E-state index in [1.54, 1.807) is 26.1 Å². The van der Waals surface area contributed by atoms with E-state index in [9.17, 15) is 14.4 Å². The fourth-order valence-electron chi connectivity index (χ4n) is 2.14. The molecule has 0 saturated carbocycles. The van der Waals surface area contributed by atoms with E-state index >= 15 is 0 Å². The lowest BCUT2D eigenvalue weighted by Gasteiger charge is -2.33. The average Bonchev–Trinajstić information content (AvgIpc) is 2.45. The van der Waals surface area contributed by atoms with Crippen LogP contribution in [-0.2, 0) is 9.59 Å². The molecule has 3 amide bonds. The lowest BCUT2D eigenvalue weighted by atomic mass is 10.1. The monoisotopic (exact) mass is 276 g/mol. The van der Waals surface area contributed by atoms with Gasteiger partial charge in [0.2, 0.25) is 11.8 Å². The van der Waals surface area contributed by atoms with Crippen molar-refractivity contribution in [3.05, 3.63) is 24.0 Å². The Balaban J connectivity index is 2.29. The van der Waals surface area contributed by atoms with Gasteiger partial charge in [0.1, 0.15) is 18.3 Å². The van der Waals surface area contributed by atoms with Crippen molar-refractivity contribution in [2.45, 2.75) is 19.4 Å². The Morgan fingerprint density at radius 2 is 2.30 bits per heavy atom. The molecule has 7 heteroatoms. The summed E-state index contributed by atoms with van der Waals surface area (Å²) in [7, 11) is 1.73. The molecule has 0 aromatic carbocycles. The van der Waals surface area contributed by atoms with Crippen molar-refractivity contribution in [1.82, 2.24) is 15.2 Å². The number of hydrogen-bond acceptors (Lipinski definition) is 5. The number of piperazine rings is 1. The third kappa shape index (κ3) is 2.61. The van der Waals surface area contributed by atoms with Gasteiger partial charge in [0.15, 0.2) is 0 Å². The van der Waals surface area contributed by atoms with Crippen LogP contribution in [0, 0.1) is 0 Å². The number of rotatable bonds is 3. The number of imide groups is 1. The molecule has 2 rings (SSSR count). The molecule has 0 aliphatic carbocycles. The molecule has 1 aliphatic rings. The third-order valence-electron chi connectivity index (χ3n) is 3.17. The zero-order chi connectivity index (χ0) is 14.7. The molecule has 0 radical (unpaired) electrons. The van der Waals surface area contributed by atoms with E-state index < -0.39 is 23.8 Å². The van der Waals surface area contributed by atoms with Gasteiger partial charge in [0.25, 0.3) is 5.91 Å². The van der Waals surface area contributed by atoms with Crippen molar-refractivity contribution in [3.63, 3.8) is 0 Å². The van der Waals surface area contributed by atoms with E-state index in [4.69, 9.17) is 0 Å². The van der Waals surface area contributed by atoms with Crippen LogP contribution in [0.5, 0.6) is 0 Å². The Hall–Kier alpha value is -2.44. The Morgan fingerprint density at radius 3 is 2.95 bits per heavy atom. The van der Waals surface area contributed by atoms with Crippen LogP contribution < -0.4 is 10.6 Å². The first kappa shape index (κ1) is 14.0. The minimum absolute atomic E-state index is 0.130. The van der Waals surface area contributed by atoms with Gasteiger partial charge in [0.05, 0.1) is 0 Å². The van der Waals surface area contributed by atoms with E-state index in [1.807, 2.05) is 0 Å². The highest BCUT2D eigenvalue weighted by Crippen LogP contribution is 2.15. The topological polar surface area (TPSA) is 91.4 Å². The second-order valence-electron chi connectivity index (χ2n) is 4.45. The normalized spacial score (nSPS) is 18.7. The van der Waals surface area contributed by atoms with Crippen LogP contribution in [0.1, 0.15) is 23.8 Å². The van der Waals surface area contributed by atoms with Crippen molar-refractivity contribution in [1.29, 1.82) is 0 Å². The Labute approximate surface area is 116 Å². The molecule has 2 heterocycles. The largest absolute Gasteiger partial charge is 0.388 e. The van der Waals surface area contributed by atoms with Gasteiger partial charge in [-0.15, -0.1) is 0 Å². The first-order chi connectivity index (χ1) is 9.56. The van der Waals surface area contributed by atoms with E-state index in [0.717, 1.165) is 5.69 Å². The minimum atomic E-state index is -0.639. The quantitative estimate of drug-likeness (QED) is 0.758. The summed E-state index contributed by atoms with van der Waals surface area (Å²) in [5.74, 6) is -1.34. The maximum absolute atomic E-state index is 12.4. The molecule has 20 heavy (non-hydrogen) atoms. The van der Waals surface area contributed by atoms with Crippen molar-refractivity contribution >= 4 is 23.4 Å². The summed E-state index contributed by atoms with van der Waals surface area (Å²) in [6.07, 6.45) is 1.95. The summed E-state index contributed by atoms with van der Waals surface area (Å²) in [5.41, 5.74) is 0.946. The highest BCUT2D eigenvalue weighted by molar-refractivity contribution is 6.06. The molecule has 1 aromatic rings. The third-order valence-corrected chi connectivity index (χ3v) is 3.17. The number of anilines is 1. The van der Waals surface area contributed by atoms with Crippen LogP contribution in [0.3, 0.4) is 0 Å². The minimum Gasteiger partial charge on any atom is -0.388 e. The molecule has 7 nitrogen and oxygen atoms in total. The van der Waals surface area contributed by atoms with E-state index in [-0.39, 0.29) is 12.2 Å². The number of amides is 3. The fourth-order valence-corrected chi connectivity index (χ4v) is 2.14. The van der Waals surface area contributed by atoms with Crippen LogP contribution in [-0.4, -0.2) is 47.2 Å². The zero-order valence-corrected chi connectivity index (χ0v) is 11.3. The standard InChI is InChI=1S/C13H16N4O3/c1-3-10-12(19)16-11(18)7-17(10)13(20)9-6-8(14-2)4-5-15-9/h4-6,10H,3,7H2,1-2H3,(H,14,15)(H,16,18,19). The number of aromatic nitrogens is 1. The Kier molecular flexibility index (Phi) is 3.97. The van der Waals surface area contributed by atoms with Crippen molar-refractivity contribution in [2.24, 2.45) is 0 Å². The fraction of sp³-hybridized carbons (Fsp3) is 0.385. The smallest absolute Gasteiger partial charge is 0.273 e. The molecule has 1 aliphatic heterocycles. The van der Waals surface area contributed by atoms with Gasteiger partial charge in [-0.05, 0) is 18.6 Å². The molecule has 0 spiro atoms. The SMILES string of the molecule is CCC1C(=O)NC(=O)CN1C(=O)c1cc(NC)ccn1. The molecule has 1 saturated heterocycles. The number of hydrogen-bond donors (Lipinski definition) is 2. The highest BCUT2D eigenvalue weighted by atomic mass is 16.2. The summed E-state index contributed by atoms with van der Waals surface area (Å²) < 4.78 is 0. The summed E-state index contributed by atoms with van der Waals surface area (Å²) in [6.45, 7) is 1.66. The maximum Gasteiger partial charge on any atom is 0.273 e. The van der Waals surface area contributed by atoms with Crippen LogP contribution in [0.15, 0.2) is 18.3 Å². The van der Waals surface area contributed by atoms with Gasteiger partial charge in [-0.25, -0.2) is 0 Å². The lowest BCUT2D eigenvalue weighted by molar-refractivity contribution is -0.138. The number of nitrogens with zero attached hydrogens (tertiary/aromatic N) is 2. The Morgan fingerprint density at radius 1 is 1.55 bits per heavy atom. The summed E-state index contributed by atoms with van der Waals surface area (Å²) in [4.78, 5) is 40.9. The van der Waals surface area contributed by atoms with Crippen LogP contribution in [0.4, 0.5) is 5.69 Å². The van der Waals surface area contributed by atoms with Gasteiger partial charge in [-0.2, -0.15) is 0 Å². The van der Waals surface area contributed by atoms with Crippen LogP contribution in [0.2, 0.25) is 0 Å². The molecule has 1 unspecified atom stereocenters. The predicted octanol–water partition coefficient (Wildman–Crippen LogP) is 0.000500. The van der Waals surface area contributed by atoms with Crippen LogP contribution >= 0.6 is 0 Å². The lowest BCUT2D eigenvalue weighted by Crippen LogP contribution is -2.59. The van der Waals surface area contributed by atoms with E-state index in [0.29, 0.717) is 6.42 Å². The summed E-state index contributed by atoms with van der Waals surface area (Å²) >= 11 is 0. The number of nitrogens with one attached hydrogen (secondary N) is 2. The zero-order valence-electron chi connectivity index (χ0n) is 11.3. The number of carbonyl (C=O) groups is 3. The van der Waals surface area contributed by atoms with Gasteiger partial charge >= 0.3 is 0 Å². The van der Waals surface area contributed by atoms with Gasteiger partial charge < -0.3 is 10.2 Å². The molecular formula is C13H16N4O3. The van der Waals surface area contributed by atoms with Crippen molar-refractivity contribution in [2.75, 3.05) is 18.9 Å². The molecule has 0 bridgehead atoms. The number of pyridine rings is 1.